The van der Waals surface area contributed by atoms with E-state index in [2.05, 4.69) is 5.32 Å². The van der Waals surface area contributed by atoms with Crippen LogP contribution in [0.3, 0.4) is 0 Å². The molecule has 0 saturated heterocycles. The molecular formula is C10H13NO4. The summed E-state index contributed by atoms with van der Waals surface area (Å²) in [4.78, 5) is 22.2. The Morgan fingerprint density at radius 1 is 1.60 bits per heavy atom. The van der Waals surface area contributed by atoms with Gasteiger partial charge in [0.2, 0.25) is 0 Å². The lowest BCUT2D eigenvalue weighted by Crippen LogP contribution is -2.40. The van der Waals surface area contributed by atoms with Gasteiger partial charge in [0.05, 0.1) is 11.8 Å². The second-order valence-corrected chi connectivity index (χ2v) is 3.16. The molecule has 0 aromatic carbocycles. The molecule has 1 amide bonds. The van der Waals surface area contributed by atoms with Crippen LogP contribution in [0.1, 0.15) is 29.5 Å². The molecule has 0 aliphatic heterocycles. The van der Waals surface area contributed by atoms with Crippen molar-refractivity contribution in [1.82, 2.24) is 5.32 Å². The molecule has 0 radical (unpaired) electrons. The molecule has 1 atom stereocenters. The minimum Gasteiger partial charge on any atom is -0.480 e. The fourth-order valence-electron chi connectivity index (χ4n) is 1.19. The highest BCUT2D eigenvalue weighted by molar-refractivity contribution is 5.97. The smallest absolute Gasteiger partial charge is 0.326 e. The second kappa shape index (κ2) is 4.63. The number of carboxylic acids is 1. The van der Waals surface area contributed by atoms with E-state index in [9.17, 15) is 9.59 Å². The van der Waals surface area contributed by atoms with Gasteiger partial charge in [0.25, 0.3) is 5.91 Å². The van der Waals surface area contributed by atoms with Gasteiger partial charge in [-0.3, -0.25) is 4.79 Å². The van der Waals surface area contributed by atoms with Crippen LogP contribution in [-0.2, 0) is 4.79 Å². The van der Waals surface area contributed by atoms with Gasteiger partial charge >= 0.3 is 5.97 Å². The first-order chi connectivity index (χ1) is 7.06. The predicted octanol–water partition coefficient (Wildman–Crippen LogP) is 1.18. The molecule has 1 aromatic heterocycles. The zero-order valence-electron chi connectivity index (χ0n) is 8.61. The number of furan rings is 1. The molecule has 0 bridgehead atoms. The lowest BCUT2D eigenvalue weighted by atomic mass is 10.2. The van der Waals surface area contributed by atoms with Gasteiger partial charge in [0, 0.05) is 0 Å². The Morgan fingerprint density at radius 3 is 2.67 bits per heavy atom. The van der Waals surface area contributed by atoms with Gasteiger partial charge in [-0.1, -0.05) is 6.92 Å². The molecule has 82 valence electrons. The predicted molar refractivity (Wildman–Crippen MR) is 52.6 cm³/mol. The minimum atomic E-state index is -1.04. The maximum Gasteiger partial charge on any atom is 0.326 e. The van der Waals surface area contributed by atoms with Crippen LogP contribution in [-0.4, -0.2) is 23.0 Å². The van der Waals surface area contributed by atoms with Crippen LogP contribution in [0.5, 0.6) is 0 Å². The molecule has 15 heavy (non-hydrogen) atoms. The van der Waals surface area contributed by atoms with Crippen molar-refractivity contribution in [2.24, 2.45) is 0 Å². The SMILES string of the molecule is CC[C@H](NC(=O)c1ccoc1C)C(=O)O. The van der Waals surface area contributed by atoms with E-state index in [-0.39, 0.29) is 0 Å². The maximum atomic E-state index is 11.6. The number of rotatable bonds is 4. The van der Waals surface area contributed by atoms with Crippen molar-refractivity contribution in [3.63, 3.8) is 0 Å². The van der Waals surface area contributed by atoms with Crippen molar-refractivity contribution in [2.45, 2.75) is 26.3 Å². The first kappa shape index (κ1) is 11.3. The summed E-state index contributed by atoms with van der Waals surface area (Å²) in [7, 11) is 0. The number of aliphatic carboxylic acids is 1. The highest BCUT2D eigenvalue weighted by Crippen LogP contribution is 2.08. The molecule has 5 nitrogen and oxygen atoms in total. The average molecular weight is 211 g/mol. The molecule has 0 unspecified atom stereocenters. The van der Waals surface area contributed by atoms with Crippen LogP contribution >= 0.6 is 0 Å². The fraction of sp³-hybridized carbons (Fsp3) is 0.400. The highest BCUT2D eigenvalue weighted by Gasteiger charge is 2.20. The van der Waals surface area contributed by atoms with Crippen molar-refractivity contribution in [2.75, 3.05) is 0 Å². The van der Waals surface area contributed by atoms with Gasteiger partial charge in [0.15, 0.2) is 0 Å². The van der Waals surface area contributed by atoms with Gasteiger partial charge in [-0.2, -0.15) is 0 Å². The zero-order valence-corrected chi connectivity index (χ0v) is 8.61. The molecule has 5 heteroatoms. The summed E-state index contributed by atoms with van der Waals surface area (Å²) in [6.07, 6.45) is 1.74. The number of carbonyl (C=O) groups excluding carboxylic acids is 1. The molecule has 2 N–H and O–H groups in total. The number of nitrogens with one attached hydrogen (secondary N) is 1. The number of hydrogen-bond acceptors (Lipinski definition) is 3. The minimum absolute atomic E-state index is 0.345. The summed E-state index contributed by atoms with van der Waals surface area (Å²) in [6.45, 7) is 3.35. The van der Waals surface area contributed by atoms with Crippen LogP contribution in [0.15, 0.2) is 16.7 Å². The molecular weight excluding hydrogens is 198 g/mol. The van der Waals surface area contributed by atoms with Crippen LogP contribution in [0.25, 0.3) is 0 Å². The lowest BCUT2D eigenvalue weighted by molar-refractivity contribution is -0.139. The summed E-state index contributed by atoms with van der Waals surface area (Å²) < 4.78 is 4.95. The van der Waals surface area contributed by atoms with Crippen molar-refractivity contribution in [1.29, 1.82) is 0 Å². The van der Waals surface area contributed by atoms with Crippen LogP contribution in [0, 0.1) is 6.92 Å². The summed E-state index contributed by atoms with van der Waals surface area (Å²) in [6, 6.07) is 0.658. The van der Waals surface area contributed by atoms with E-state index in [1.165, 1.54) is 12.3 Å². The quantitative estimate of drug-likeness (QED) is 0.783. The standard InChI is InChI=1S/C10H13NO4/c1-3-8(10(13)14)11-9(12)7-4-5-15-6(7)2/h4-5,8H,3H2,1-2H3,(H,11,12)(H,13,14)/t8-/m0/s1. The van der Waals surface area contributed by atoms with E-state index in [0.717, 1.165) is 0 Å². The van der Waals surface area contributed by atoms with Crippen molar-refractivity contribution >= 4 is 11.9 Å². The Morgan fingerprint density at radius 2 is 2.27 bits per heavy atom. The maximum absolute atomic E-state index is 11.6. The Balaban J connectivity index is 2.71. The highest BCUT2D eigenvalue weighted by atomic mass is 16.4. The van der Waals surface area contributed by atoms with Gasteiger partial charge in [-0.15, -0.1) is 0 Å². The van der Waals surface area contributed by atoms with E-state index < -0.39 is 17.9 Å². The van der Waals surface area contributed by atoms with Crippen LogP contribution in [0.4, 0.5) is 0 Å². The Hall–Kier alpha value is -1.78. The first-order valence-electron chi connectivity index (χ1n) is 4.64. The summed E-state index contributed by atoms with van der Waals surface area (Å²) in [5.74, 6) is -0.977. The third kappa shape index (κ3) is 2.59. The largest absolute Gasteiger partial charge is 0.480 e. The third-order valence-electron chi connectivity index (χ3n) is 2.12. The van der Waals surface area contributed by atoms with Gasteiger partial charge < -0.3 is 14.8 Å². The molecule has 0 spiro atoms. The zero-order chi connectivity index (χ0) is 11.4. The van der Waals surface area contributed by atoms with Gasteiger partial charge in [0.1, 0.15) is 11.8 Å². The normalized spacial score (nSPS) is 12.1. The van der Waals surface area contributed by atoms with E-state index in [0.29, 0.717) is 17.7 Å². The fourth-order valence-corrected chi connectivity index (χ4v) is 1.19. The topological polar surface area (TPSA) is 79.5 Å². The van der Waals surface area contributed by atoms with E-state index in [1.54, 1.807) is 13.8 Å². The number of aryl methyl sites for hydroxylation is 1. The molecule has 0 fully saturated rings. The van der Waals surface area contributed by atoms with Crippen molar-refractivity contribution in [3.05, 3.63) is 23.7 Å². The number of hydrogen-bond donors (Lipinski definition) is 2. The number of carbonyl (C=O) groups is 2. The molecule has 1 aromatic rings. The lowest BCUT2D eigenvalue weighted by Gasteiger charge is -2.11. The molecule has 1 heterocycles. The molecule has 0 saturated carbocycles. The summed E-state index contributed by atoms with van der Waals surface area (Å²) in [5.41, 5.74) is 0.370. The monoisotopic (exact) mass is 211 g/mol. The number of carboxylic acid groups (broad SMARTS) is 1. The molecule has 0 aliphatic rings. The average Bonchev–Trinajstić information content (AvgIpc) is 2.60. The second-order valence-electron chi connectivity index (χ2n) is 3.16. The molecule has 1 rings (SSSR count). The van der Waals surface area contributed by atoms with Crippen LogP contribution < -0.4 is 5.32 Å². The molecule has 0 aliphatic carbocycles. The van der Waals surface area contributed by atoms with E-state index in [4.69, 9.17) is 9.52 Å². The van der Waals surface area contributed by atoms with Gasteiger partial charge in [-0.25, -0.2) is 4.79 Å². The summed E-state index contributed by atoms with van der Waals surface area (Å²) in [5, 5.41) is 11.2. The van der Waals surface area contributed by atoms with Crippen LogP contribution in [0.2, 0.25) is 0 Å². The van der Waals surface area contributed by atoms with E-state index in [1.807, 2.05) is 0 Å². The first-order valence-corrected chi connectivity index (χ1v) is 4.64. The Kier molecular flexibility index (Phi) is 3.49. The van der Waals surface area contributed by atoms with Gasteiger partial charge in [-0.05, 0) is 19.4 Å². The third-order valence-corrected chi connectivity index (χ3v) is 2.12. The summed E-state index contributed by atoms with van der Waals surface area (Å²) >= 11 is 0. The number of amides is 1. The van der Waals surface area contributed by atoms with Crippen molar-refractivity contribution in [3.8, 4) is 0 Å². The Labute approximate surface area is 87.1 Å². The van der Waals surface area contributed by atoms with Crippen molar-refractivity contribution < 1.29 is 19.1 Å². The Bertz CT molecular complexity index is 369. The van der Waals surface area contributed by atoms with E-state index >= 15 is 0 Å².